The van der Waals surface area contributed by atoms with Crippen LogP contribution in [0.15, 0.2) is 12.4 Å². The molecule has 2 aromatic rings. The molecule has 0 bridgehead atoms. The minimum absolute atomic E-state index is 0.101. The number of hydrogen-bond donors (Lipinski definition) is 0. The van der Waals surface area contributed by atoms with Gasteiger partial charge in [0.05, 0.1) is 12.7 Å². The Morgan fingerprint density at radius 1 is 1.50 bits per heavy atom. The summed E-state index contributed by atoms with van der Waals surface area (Å²) in [4.78, 5) is 19.3. The first kappa shape index (κ1) is 12.7. The minimum atomic E-state index is -0.101. The summed E-state index contributed by atoms with van der Waals surface area (Å²) in [5.41, 5.74) is 0.477. The average Bonchev–Trinajstić information content (AvgIpc) is 2.97. The zero-order valence-corrected chi connectivity index (χ0v) is 11.4. The molecule has 7 heteroatoms. The van der Waals surface area contributed by atoms with Crippen molar-refractivity contribution in [2.24, 2.45) is 7.05 Å². The lowest BCUT2D eigenvalue weighted by Gasteiger charge is -2.14. The number of amides is 1. The highest BCUT2D eigenvalue weighted by molar-refractivity contribution is 7.11. The van der Waals surface area contributed by atoms with Crippen molar-refractivity contribution in [3.8, 4) is 0 Å². The summed E-state index contributed by atoms with van der Waals surface area (Å²) in [6.45, 7) is 2.60. The van der Waals surface area contributed by atoms with Crippen LogP contribution in [-0.2, 0) is 20.0 Å². The number of carbonyl (C=O) groups is 1. The number of aryl methyl sites for hydroxylation is 2. The van der Waals surface area contributed by atoms with E-state index in [2.05, 4.69) is 22.2 Å². The maximum Gasteiger partial charge on any atom is 0.273 e. The van der Waals surface area contributed by atoms with Crippen LogP contribution in [-0.4, -0.2) is 37.8 Å². The molecule has 1 amide bonds. The molecule has 0 unspecified atom stereocenters. The van der Waals surface area contributed by atoms with E-state index < -0.39 is 0 Å². The molecular formula is C11H15N5OS. The predicted octanol–water partition coefficient (Wildman–Crippen LogP) is 1.11. The van der Waals surface area contributed by atoms with E-state index in [-0.39, 0.29) is 5.91 Å². The number of nitrogens with zero attached hydrogens (tertiary/aromatic N) is 5. The number of rotatable bonds is 4. The Bertz CT molecular complexity index is 547. The van der Waals surface area contributed by atoms with Gasteiger partial charge in [0.2, 0.25) is 0 Å². The van der Waals surface area contributed by atoms with Crippen molar-refractivity contribution >= 4 is 17.2 Å². The third kappa shape index (κ3) is 2.56. The second-order valence-electron chi connectivity index (χ2n) is 3.98. The molecule has 6 nitrogen and oxygen atoms in total. The van der Waals surface area contributed by atoms with Gasteiger partial charge in [-0.15, -0.1) is 16.4 Å². The van der Waals surface area contributed by atoms with E-state index in [0.29, 0.717) is 12.2 Å². The molecule has 0 aliphatic heterocycles. The van der Waals surface area contributed by atoms with E-state index in [1.807, 2.05) is 6.20 Å². The van der Waals surface area contributed by atoms with Crippen molar-refractivity contribution in [1.29, 1.82) is 0 Å². The molecule has 18 heavy (non-hydrogen) atoms. The van der Waals surface area contributed by atoms with Gasteiger partial charge in [-0.25, -0.2) is 9.67 Å². The molecule has 0 saturated heterocycles. The smallest absolute Gasteiger partial charge is 0.273 e. The minimum Gasteiger partial charge on any atom is -0.334 e. The highest BCUT2D eigenvalue weighted by Gasteiger charge is 2.17. The van der Waals surface area contributed by atoms with Crippen LogP contribution < -0.4 is 0 Å². The van der Waals surface area contributed by atoms with Crippen LogP contribution in [0.2, 0.25) is 0 Å². The van der Waals surface area contributed by atoms with E-state index in [4.69, 9.17) is 0 Å². The molecule has 2 aromatic heterocycles. The van der Waals surface area contributed by atoms with E-state index in [9.17, 15) is 4.79 Å². The fraction of sp³-hybridized carbons (Fsp3) is 0.455. The summed E-state index contributed by atoms with van der Waals surface area (Å²) < 4.78 is 1.47. The van der Waals surface area contributed by atoms with Crippen LogP contribution in [0.5, 0.6) is 0 Å². The fourth-order valence-electron chi connectivity index (χ4n) is 1.54. The lowest BCUT2D eigenvalue weighted by Crippen LogP contribution is -2.27. The van der Waals surface area contributed by atoms with Crippen LogP contribution >= 0.6 is 11.3 Å². The average molecular weight is 265 g/mol. The maximum atomic E-state index is 12.1. The summed E-state index contributed by atoms with van der Waals surface area (Å²) in [6.07, 6.45) is 4.31. The highest BCUT2D eigenvalue weighted by atomic mass is 32.1. The SMILES string of the molecule is CCc1cnc(CN(C)C(=O)c2cnnn2C)s1. The lowest BCUT2D eigenvalue weighted by atomic mass is 10.4. The summed E-state index contributed by atoms with van der Waals surface area (Å²) in [6, 6.07) is 0. The third-order valence-electron chi connectivity index (χ3n) is 2.60. The largest absolute Gasteiger partial charge is 0.334 e. The maximum absolute atomic E-state index is 12.1. The molecule has 0 aliphatic rings. The van der Waals surface area contributed by atoms with Gasteiger partial charge in [0.1, 0.15) is 10.7 Å². The monoisotopic (exact) mass is 265 g/mol. The second-order valence-corrected chi connectivity index (χ2v) is 5.18. The molecule has 2 rings (SSSR count). The number of aromatic nitrogens is 4. The van der Waals surface area contributed by atoms with Crippen LogP contribution in [0.4, 0.5) is 0 Å². The molecule has 0 radical (unpaired) electrons. The van der Waals surface area contributed by atoms with Crippen LogP contribution in [0.1, 0.15) is 27.3 Å². The van der Waals surface area contributed by atoms with E-state index in [1.165, 1.54) is 15.8 Å². The standard InChI is InChI=1S/C11H15N5OS/c1-4-8-5-12-10(18-8)7-15(2)11(17)9-6-13-14-16(9)3/h5-6H,4,7H2,1-3H3. The molecule has 0 spiro atoms. The quantitative estimate of drug-likeness (QED) is 0.830. The van der Waals surface area contributed by atoms with Crippen LogP contribution in [0.25, 0.3) is 0 Å². The zero-order valence-electron chi connectivity index (χ0n) is 10.6. The first-order valence-corrected chi connectivity index (χ1v) is 6.47. The van der Waals surface area contributed by atoms with Crippen molar-refractivity contribution in [2.75, 3.05) is 7.05 Å². The van der Waals surface area contributed by atoms with Crippen molar-refractivity contribution < 1.29 is 4.79 Å². The number of thiazole rings is 1. The predicted molar refractivity (Wildman–Crippen MR) is 68.3 cm³/mol. The number of carbonyl (C=O) groups excluding carboxylic acids is 1. The Morgan fingerprint density at radius 2 is 2.28 bits per heavy atom. The molecule has 0 atom stereocenters. The summed E-state index contributed by atoms with van der Waals surface area (Å²) in [5.74, 6) is -0.101. The Labute approximate surface area is 109 Å². The molecule has 0 aromatic carbocycles. The fourth-order valence-corrected chi connectivity index (χ4v) is 2.45. The van der Waals surface area contributed by atoms with Gasteiger partial charge >= 0.3 is 0 Å². The molecule has 0 aliphatic carbocycles. The first-order valence-electron chi connectivity index (χ1n) is 5.65. The normalized spacial score (nSPS) is 10.6. The molecule has 0 N–H and O–H groups in total. The van der Waals surface area contributed by atoms with Gasteiger partial charge in [-0.05, 0) is 6.42 Å². The highest BCUT2D eigenvalue weighted by Crippen LogP contribution is 2.15. The van der Waals surface area contributed by atoms with Gasteiger partial charge in [-0.3, -0.25) is 4.79 Å². The molecule has 0 saturated carbocycles. The molecule has 96 valence electrons. The van der Waals surface area contributed by atoms with E-state index in [1.54, 1.807) is 30.3 Å². The molecule has 0 fully saturated rings. The van der Waals surface area contributed by atoms with Gasteiger partial charge in [0.25, 0.3) is 5.91 Å². The van der Waals surface area contributed by atoms with Gasteiger partial charge in [-0.1, -0.05) is 12.1 Å². The van der Waals surface area contributed by atoms with Gasteiger partial charge in [0.15, 0.2) is 0 Å². The Morgan fingerprint density at radius 3 is 2.83 bits per heavy atom. The summed E-state index contributed by atoms with van der Waals surface area (Å²) >= 11 is 1.64. The molecular weight excluding hydrogens is 250 g/mol. The topological polar surface area (TPSA) is 63.9 Å². The van der Waals surface area contributed by atoms with Crippen molar-refractivity contribution in [1.82, 2.24) is 24.9 Å². The Kier molecular flexibility index (Phi) is 3.71. The van der Waals surface area contributed by atoms with Crippen LogP contribution in [0.3, 0.4) is 0 Å². The van der Waals surface area contributed by atoms with Gasteiger partial charge < -0.3 is 4.90 Å². The second kappa shape index (κ2) is 5.26. The summed E-state index contributed by atoms with van der Waals surface area (Å²) in [5, 5.41) is 8.40. The van der Waals surface area contributed by atoms with E-state index >= 15 is 0 Å². The Balaban J connectivity index is 2.06. The van der Waals surface area contributed by atoms with Gasteiger partial charge in [-0.2, -0.15) is 0 Å². The van der Waals surface area contributed by atoms with Crippen molar-refractivity contribution in [3.63, 3.8) is 0 Å². The van der Waals surface area contributed by atoms with Crippen molar-refractivity contribution in [2.45, 2.75) is 19.9 Å². The third-order valence-corrected chi connectivity index (χ3v) is 3.73. The van der Waals surface area contributed by atoms with Gasteiger partial charge in [0, 0.05) is 25.2 Å². The van der Waals surface area contributed by atoms with Crippen molar-refractivity contribution in [3.05, 3.63) is 28.0 Å². The summed E-state index contributed by atoms with van der Waals surface area (Å²) in [7, 11) is 3.45. The van der Waals surface area contributed by atoms with Crippen LogP contribution in [0, 0.1) is 0 Å². The molecule has 2 heterocycles. The first-order chi connectivity index (χ1) is 8.61. The van der Waals surface area contributed by atoms with E-state index in [0.717, 1.165) is 11.4 Å². The Hall–Kier alpha value is -1.76. The zero-order chi connectivity index (χ0) is 13.1. The number of hydrogen-bond acceptors (Lipinski definition) is 5. The lowest BCUT2D eigenvalue weighted by molar-refractivity contribution is 0.0774.